The maximum atomic E-state index is 11.3. The molecule has 1 aromatic heterocycles. The summed E-state index contributed by atoms with van der Waals surface area (Å²) in [6.07, 6.45) is 4.82. The van der Waals surface area contributed by atoms with Gasteiger partial charge in [0.2, 0.25) is 11.8 Å². The molecule has 1 aliphatic rings. The van der Waals surface area contributed by atoms with Gasteiger partial charge in [-0.1, -0.05) is 19.3 Å². The molecule has 0 bridgehead atoms. The number of rotatable bonds is 6. The normalized spacial score (nSPS) is 18.3. The summed E-state index contributed by atoms with van der Waals surface area (Å²) < 4.78 is 27.8. The summed E-state index contributed by atoms with van der Waals surface area (Å²) in [5.74, 6) is 0.176. The molecule has 0 amide bonds. The van der Waals surface area contributed by atoms with Crippen LogP contribution in [0.15, 0.2) is 4.42 Å². The number of aliphatic hydroxyl groups is 1. The molecule has 5 N–H and O–H groups in total. The van der Waals surface area contributed by atoms with Crippen LogP contribution in [-0.2, 0) is 22.0 Å². The largest absolute Gasteiger partial charge is 0.425 e. The number of hydrogen-bond donors (Lipinski definition) is 5. The van der Waals surface area contributed by atoms with E-state index < -0.39 is 32.6 Å². The van der Waals surface area contributed by atoms with Crippen LogP contribution < -0.4 is 0 Å². The van der Waals surface area contributed by atoms with E-state index in [1.807, 2.05) is 0 Å². The van der Waals surface area contributed by atoms with Crippen LogP contribution in [0.1, 0.15) is 43.9 Å². The average Bonchev–Trinajstić information content (AvgIpc) is 2.84. The fraction of sp³-hybridized carbons (Fsp3) is 0.818. The van der Waals surface area contributed by atoms with Crippen molar-refractivity contribution in [2.75, 3.05) is 0 Å². The van der Waals surface area contributed by atoms with Crippen LogP contribution in [0.5, 0.6) is 0 Å². The Morgan fingerprint density at radius 1 is 1.00 bits per heavy atom. The van der Waals surface area contributed by atoms with E-state index in [4.69, 9.17) is 24.0 Å². The van der Waals surface area contributed by atoms with Crippen molar-refractivity contribution in [2.45, 2.75) is 50.0 Å². The summed E-state index contributed by atoms with van der Waals surface area (Å²) in [6.45, 7) is 0. The van der Waals surface area contributed by atoms with Gasteiger partial charge in [0.1, 0.15) is 0 Å². The standard InChI is InChI=1S/C11H20N2O8P2/c14-11(22(15,16)17,23(18,19)20)7-10-13-12-9(21-10)6-8-4-2-1-3-5-8/h8,14H,1-7H2,(H2,15,16,17)(H2,18,19,20). The zero-order valence-electron chi connectivity index (χ0n) is 12.3. The van der Waals surface area contributed by atoms with Crippen LogP contribution >= 0.6 is 15.2 Å². The molecule has 0 unspecified atom stereocenters. The maximum Gasteiger partial charge on any atom is 0.370 e. The predicted molar refractivity (Wildman–Crippen MR) is 77.3 cm³/mol. The van der Waals surface area contributed by atoms with Crippen LogP contribution in [0.25, 0.3) is 0 Å². The second-order valence-electron chi connectivity index (χ2n) is 5.84. The van der Waals surface area contributed by atoms with Crippen molar-refractivity contribution in [3.05, 3.63) is 11.8 Å². The van der Waals surface area contributed by atoms with Gasteiger partial charge in [-0.15, -0.1) is 10.2 Å². The monoisotopic (exact) mass is 370 g/mol. The van der Waals surface area contributed by atoms with Gasteiger partial charge >= 0.3 is 15.2 Å². The third kappa shape index (κ3) is 4.28. The minimum atomic E-state index is -5.54. The zero-order chi connectivity index (χ0) is 17.3. The first kappa shape index (κ1) is 18.7. The molecule has 0 aliphatic heterocycles. The molecular weight excluding hydrogens is 350 g/mol. The number of nitrogens with zero attached hydrogens (tertiary/aromatic N) is 2. The lowest BCUT2D eigenvalue weighted by molar-refractivity contribution is 0.123. The summed E-state index contributed by atoms with van der Waals surface area (Å²) in [7, 11) is -11.1. The van der Waals surface area contributed by atoms with Gasteiger partial charge in [0.05, 0.1) is 6.42 Å². The van der Waals surface area contributed by atoms with E-state index in [1.165, 1.54) is 6.42 Å². The molecule has 12 heteroatoms. The Kier molecular flexibility index (Phi) is 5.48. The second-order valence-corrected chi connectivity index (χ2v) is 9.85. The quantitative estimate of drug-likeness (QED) is 0.449. The first-order valence-electron chi connectivity index (χ1n) is 7.18. The van der Waals surface area contributed by atoms with E-state index in [0.29, 0.717) is 12.3 Å². The minimum Gasteiger partial charge on any atom is -0.425 e. The number of hydrogen-bond acceptors (Lipinski definition) is 6. The van der Waals surface area contributed by atoms with Crippen LogP contribution in [0.2, 0.25) is 0 Å². The average molecular weight is 370 g/mol. The van der Waals surface area contributed by atoms with Gasteiger partial charge in [0.15, 0.2) is 0 Å². The molecule has 1 saturated carbocycles. The Morgan fingerprint density at radius 3 is 2.04 bits per heavy atom. The molecule has 2 rings (SSSR count). The molecule has 132 valence electrons. The third-order valence-corrected chi connectivity index (χ3v) is 7.76. The summed E-state index contributed by atoms with van der Waals surface area (Å²) in [6, 6.07) is 0. The van der Waals surface area contributed by atoms with Crippen LogP contribution in [0, 0.1) is 5.92 Å². The van der Waals surface area contributed by atoms with Gasteiger partial charge < -0.3 is 29.1 Å². The minimum absolute atomic E-state index is 0.227. The first-order valence-corrected chi connectivity index (χ1v) is 10.4. The Balaban J connectivity index is 2.13. The van der Waals surface area contributed by atoms with Gasteiger partial charge in [-0.3, -0.25) is 9.13 Å². The van der Waals surface area contributed by atoms with Crippen molar-refractivity contribution in [3.8, 4) is 0 Å². The Morgan fingerprint density at radius 2 is 1.52 bits per heavy atom. The Hall–Kier alpha value is -0.600. The lowest BCUT2D eigenvalue weighted by Gasteiger charge is -2.27. The predicted octanol–water partition coefficient (Wildman–Crippen LogP) is 0.736. The van der Waals surface area contributed by atoms with Crippen LogP contribution in [0.4, 0.5) is 0 Å². The highest BCUT2D eigenvalue weighted by Crippen LogP contribution is 2.68. The van der Waals surface area contributed by atoms with E-state index in [-0.39, 0.29) is 5.89 Å². The fourth-order valence-electron chi connectivity index (χ4n) is 2.66. The van der Waals surface area contributed by atoms with E-state index in [9.17, 15) is 14.2 Å². The molecule has 0 aromatic carbocycles. The van der Waals surface area contributed by atoms with Gasteiger partial charge in [-0.2, -0.15) is 0 Å². The van der Waals surface area contributed by atoms with Crippen LogP contribution in [0.3, 0.4) is 0 Å². The summed E-state index contributed by atoms with van der Waals surface area (Å²) in [4.78, 5) is 36.3. The van der Waals surface area contributed by atoms with Crippen molar-refractivity contribution < 1.29 is 38.2 Å². The Bertz CT molecular complexity index is 608. The van der Waals surface area contributed by atoms with E-state index >= 15 is 0 Å². The smallest absolute Gasteiger partial charge is 0.370 e. The molecule has 1 aromatic rings. The molecule has 1 heterocycles. The van der Waals surface area contributed by atoms with Gasteiger partial charge in [-0.05, 0) is 18.8 Å². The van der Waals surface area contributed by atoms with E-state index in [1.54, 1.807) is 0 Å². The van der Waals surface area contributed by atoms with Gasteiger partial charge in [0, 0.05) is 6.42 Å². The third-order valence-electron chi connectivity index (χ3n) is 4.02. The van der Waals surface area contributed by atoms with Crippen molar-refractivity contribution in [1.82, 2.24) is 10.2 Å². The molecule has 0 spiro atoms. The molecule has 0 radical (unpaired) electrons. The highest BCUT2D eigenvalue weighted by atomic mass is 31.2. The highest BCUT2D eigenvalue weighted by Gasteiger charge is 2.60. The summed E-state index contributed by atoms with van der Waals surface area (Å²) >= 11 is 0. The van der Waals surface area contributed by atoms with Crippen molar-refractivity contribution in [2.24, 2.45) is 5.92 Å². The van der Waals surface area contributed by atoms with Gasteiger partial charge in [0.25, 0.3) is 5.08 Å². The second kappa shape index (κ2) is 6.72. The van der Waals surface area contributed by atoms with Crippen LogP contribution in [-0.4, -0.2) is 40.0 Å². The molecule has 1 aliphatic carbocycles. The summed E-state index contributed by atoms with van der Waals surface area (Å²) in [5.41, 5.74) is 0. The zero-order valence-corrected chi connectivity index (χ0v) is 14.1. The van der Waals surface area contributed by atoms with Crippen molar-refractivity contribution in [1.29, 1.82) is 0 Å². The highest BCUT2D eigenvalue weighted by molar-refractivity contribution is 7.72. The van der Waals surface area contributed by atoms with Crippen molar-refractivity contribution >= 4 is 15.2 Å². The molecular formula is C11H20N2O8P2. The van der Waals surface area contributed by atoms with Crippen molar-refractivity contribution in [3.63, 3.8) is 0 Å². The Labute approximate surface area is 132 Å². The van der Waals surface area contributed by atoms with E-state index in [0.717, 1.165) is 25.7 Å². The lowest BCUT2D eigenvalue weighted by atomic mass is 9.87. The molecule has 0 saturated heterocycles. The molecule has 10 nitrogen and oxygen atoms in total. The molecule has 23 heavy (non-hydrogen) atoms. The first-order chi connectivity index (χ1) is 10.5. The molecule has 0 atom stereocenters. The SMILES string of the molecule is O=P(O)(O)C(O)(Cc1nnc(CC2CCCCC2)o1)P(=O)(O)O. The molecule has 1 fully saturated rings. The van der Waals surface area contributed by atoms with Gasteiger partial charge in [-0.25, -0.2) is 0 Å². The summed E-state index contributed by atoms with van der Waals surface area (Å²) in [5, 5.41) is 13.5. The maximum absolute atomic E-state index is 11.3. The topological polar surface area (TPSA) is 174 Å². The van der Waals surface area contributed by atoms with E-state index in [2.05, 4.69) is 10.2 Å². The lowest BCUT2D eigenvalue weighted by Crippen LogP contribution is -2.31. The fourth-order valence-corrected chi connectivity index (χ4v) is 4.70. The number of aromatic nitrogens is 2.